The molecule has 0 fully saturated rings. The van der Waals surface area contributed by atoms with Crippen LogP contribution in [0.3, 0.4) is 0 Å². The number of benzene rings is 1. The summed E-state index contributed by atoms with van der Waals surface area (Å²) >= 11 is 0. The van der Waals surface area contributed by atoms with Gasteiger partial charge in [-0.1, -0.05) is 31.5 Å². The van der Waals surface area contributed by atoms with Crippen LogP contribution in [0.15, 0.2) is 30.3 Å². The zero-order valence-corrected chi connectivity index (χ0v) is 8.84. The monoisotopic (exact) mass is 212 g/mol. The largest absolute Gasteiger partial charge is 0.631 e. The highest BCUT2D eigenvalue weighted by molar-refractivity contribution is 6.30. The van der Waals surface area contributed by atoms with Crippen LogP contribution in [0.25, 0.3) is 0 Å². The second-order valence-corrected chi connectivity index (χ2v) is 2.86. The third kappa shape index (κ3) is 10.9. The minimum absolute atomic E-state index is 0.834. The first-order valence-corrected chi connectivity index (χ1v) is 4.89. The molecule has 0 spiro atoms. The summed E-state index contributed by atoms with van der Waals surface area (Å²) in [6.45, 7) is 2.99. The lowest BCUT2D eigenvalue weighted by Crippen LogP contribution is -2.07. The van der Waals surface area contributed by atoms with Crippen LogP contribution in [-0.2, 0) is 0 Å². The van der Waals surface area contributed by atoms with Crippen LogP contribution in [0, 0.1) is 0 Å². The van der Waals surface area contributed by atoms with Crippen molar-refractivity contribution in [3.8, 4) is 5.75 Å². The molecule has 1 aromatic carbocycles. The molecule has 0 saturated heterocycles. The van der Waals surface area contributed by atoms with Gasteiger partial charge >= 0.3 is 7.32 Å². The van der Waals surface area contributed by atoms with Crippen LogP contribution in [0.4, 0.5) is 0 Å². The van der Waals surface area contributed by atoms with Gasteiger partial charge in [0.2, 0.25) is 0 Å². The Morgan fingerprint density at radius 2 is 1.67 bits per heavy atom. The van der Waals surface area contributed by atoms with Gasteiger partial charge in [-0.25, -0.2) is 0 Å². The highest BCUT2D eigenvalue weighted by atomic mass is 16.5. The molecule has 0 bridgehead atoms. The molecule has 84 valence electrons. The number of hydrogen-bond acceptors (Lipinski definition) is 4. The van der Waals surface area contributed by atoms with Crippen LogP contribution in [0.1, 0.15) is 19.8 Å². The van der Waals surface area contributed by atoms with Crippen molar-refractivity contribution in [2.75, 3.05) is 6.61 Å². The van der Waals surface area contributed by atoms with E-state index in [0.29, 0.717) is 0 Å². The molecule has 1 aromatic rings. The van der Waals surface area contributed by atoms with E-state index >= 15 is 0 Å². The SMILES string of the molecule is CCCCOc1ccccc1.OB(O)O. The van der Waals surface area contributed by atoms with E-state index in [2.05, 4.69) is 6.92 Å². The summed E-state index contributed by atoms with van der Waals surface area (Å²) in [7, 11) is -2.17. The minimum Gasteiger partial charge on any atom is -0.494 e. The van der Waals surface area contributed by atoms with Gasteiger partial charge in [-0.2, -0.15) is 0 Å². The smallest absolute Gasteiger partial charge is 0.494 e. The third-order valence-corrected chi connectivity index (χ3v) is 1.51. The molecular formula is C10H17BO4. The normalized spacial score (nSPS) is 8.80. The predicted octanol–water partition coefficient (Wildman–Crippen LogP) is 0.814. The van der Waals surface area contributed by atoms with Crippen molar-refractivity contribution in [2.24, 2.45) is 0 Å². The van der Waals surface area contributed by atoms with Gasteiger partial charge in [0.15, 0.2) is 0 Å². The lowest BCUT2D eigenvalue weighted by atomic mass is 10.3. The highest BCUT2D eigenvalue weighted by Gasteiger charge is 1.92. The molecule has 1 rings (SSSR count). The Labute approximate surface area is 90.3 Å². The zero-order chi connectivity index (χ0) is 11.5. The quantitative estimate of drug-likeness (QED) is 0.510. The molecule has 5 heteroatoms. The van der Waals surface area contributed by atoms with Crippen LogP contribution in [0.2, 0.25) is 0 Å². The van der Waals surface area contributed by atoms with Gasteiger partial charge in [0.25, 0.3) is 0 Å². The summed E-state index contributed by atoms with van der Waals surface area (Å²) in [4.78, 5) is 0. The summed E-state index contributed by atoms with van der Waals surface area (Å²) in [5.74, 6) is 0.973. The van der Waals surface area contributed by atoms with E-state index in [-0.39, 0.29) is 0 Å². The number of hydrogen-bond donors (Lipinski definition) is 3. The lowest BCUT2D eigenvalue weighted by molar-refractivity contribution is 0.278. The topological polar surface area (TPSA) is 69.9 Å². The maximum atomic E-state index is 7.17. The maximum absolute atomic E-state index is 7.17. The second kappa shape index (κ2) is 9.52. The maximum Gasteiger partial charge on any atom is 0.631 e. The Balaban J connectivity index is 0.000000423. The van der Waals surface area contributed by atoms with Gasteiger partial charge < -0.3 is 19.8 Å². The van der Waals surface area contributed by atoms with Crippen molar-refractivity contribution in [3.63, 3.8) is 0 Å². The number of para-hydroxylation sites is 1. The van der Waals surface area contributed by atoms with E-state index in [4.69, 9.17) is 19.8 Å². The minimum atomic E-state index is -2.17. The molecule has 0 amide bonds. The lowest BCUT2D eigenvalue weighted by Gasteiger charge is -2.03. The molecular weight excluding hydrogens is 195 g/mol. The van der Waals surface area contributed by atoms with Crippen LogP contribution in [0.5, 0.6) is 5.75 Å². The van der Waals surface area contributed by atoms with E-state index in [1.54, 1.807) is 0 Å². The first kappa shape index (κ1) is 14.0. The van der Waals surface area contributed by atoms with E-state index in [9.17, 15) is 0 Å². The summed E-state index contributed by atoms with van der Waals surface area (Å²) in [5, 5.41) is 21.5. The second-order valence-electron chi connectivity index (χ2n) is 2.86. The van der Waals surface area contributed by atoms with E-state index in [1.807, 2.05) is 30.3 Å². The fourth-order valence-electron chi connectivity index (χ4n) is 0.851. The Morgan fingerprint density at radius 3 is 2.13 bits per heavy atom. The van der Waals surface area contributed by atoms with Crippen molar-refractivity contribution in [1.29, 1.82) is 0 Å². The van der Waals surface area contributed by atoms with Gasteiger partial charge in [-0.3, -0.25) is 0 Å². The fraction of sp³-hybridized carbons (Fsp3) is 0.400. The third-order valence-electron chi connectivity index (χ3n) is 1.51. The average molecular weight is 212 g/mol. The van der Waals surface area contributed by atoms with Gasteiger partial charge in [-0.15, -0.1) is 0 Å². The molecule has 0 unspecified atom stereocenters. The fourth-order valence-corrected chi connectivity index (χ4v) is 0.851. The highest BCUT2D eigenvalue weighted by Crippen LogP contribution is 2.08. The molecule has 15 heavy (non-hydrogen) atoms. The molecule has 4 nitrogen and oxygen atoms in total. The van der Waals surface area contributed by atoms with E-state index in [1.165, 1.54) is 6.42 Å². The van der Waals surface area contributed by atoms with Crippen molar-refractivity contribution in [1.82, 2.24) is 0 Å². The van der Waals surface area contributed by atoms with Crippen molar-refractivity contribution in [3.05, 3.63) is 30.3 Å². The van der Waals surface area contributed by atoms with Crippen LogP contribution in [-0.4, -0.2) is 29.0 Å². The van der Waals surface area contributed by atoms with Crippen LogP contribution < -0.4 is 4.74 Å². The van der Waals surface area contributed by atoms with Gasteiger partial charge in [0.1, 0.15) is 5.75 Å². The average Bonchev–Trinajstić information content (AvgIpc) is 2.19. The zero-order valence-electron chi connectivity index (χ0n) is 8.84. The molecule has 0 aliphatic carbocycles. The molecule has 0 aliphatic rings. The summed E-state index contributed by atoms with van der Waals surface area (Å²) < 4.78 is 5.45. The molecule has 0 aromatic heterocycles. The van der Waals surface area contributed by atoms with Crippen molar-refractivity contribution < 1.29 is 19.8 Å². The molecule has 0 radical (unpaired) electrons. The summed E-state index contributed by atoms with van der Waals surface area (Å²) in [6.07, 6.45) is 2.32. The van der Waals surface area contributed by atoms with Gasteiger partial charge in [0, 0.05) is 0 Å². The van der Waals surface area contributed by atoms with Gasteiger partial charge in [0.05, 0.1) is 6.61 Å². The molecule has 0 saturated carbocycles. The molecule has 3 N–H and O–H groups in total. The van der Waals surface area contributed by atoms with E-state index in [0.717, 1.165) is 18.8 Å². The van der Waals surface area contributed by atoms with E-state index < -0.39 is 7.32 Å². The Bertz CT molecular complexity index is 225. The number of rotatable bonds is 4. The van der Waals surface area contributed by atoms with Crippen LogP contribution >= 0.6 is 0 Å². The predicted molar refractivity (Wildman–Crippen MR) is 59.3 cm³/mol. The number of unbranched alkanes of at least 4 members (excludes halogenated alkanes) is 1. The first-order valence-electron chi connectivity index (χ1n) is 4.89. The first-order chi connectivity index (χ1) is 7.16. The Morgan fingerprint density at radius 1 is 1.13 bits per heavy atom. The number of ether oxygens (including phenoxy) is 1. The molecule has 0 atom stereocenters. The molecule has 0 heterocycles. The van der Waals surface area contributed by atoms with Gasteiger partial charge in [-0.05, 0) is 18.6 Å². The van der Waals surface area contributed by atoms with Crippen molar-refractivity contribution >= 4 is 7.32 Å². The summed E-state index contributed by atoms with van der Waals surface area (Å²) in [5.41, 5.74) is 0. The molecule has 0 aliphatic heterocycles. The Kier molecular flexibility index (Phi) is 8.86. The standard InChI is InChI=1S/C10H14O.BH3O3/c1-2-3-9-11-10-7-5-4-6-8-10;2-1(3)4/h4-8H,2-3,9H2,1H3;2-4H. The summed E-state index contributed by atoms with van der Waals surface area (Å²) in [6, 6.07) is 9.93. The Hall–Kier alpha value is -1.04. The van der Waals surface area contributed by atoms with Crippen molar-refractivity contribution in [2.45, 2.75) is 19.8 Å².